The monoisotopic (exact) mass is 272 g/mol. The van der Waals surface area contributed by atoms with Crippen molar-refractivity contribution in [3.63, 3.8) is 0 Å². The Morgan fingerprint density at radius 2 is 1.87 bits per heavy atom. The number of rotatable bonds is 1. The van der Waals surface area contributed by atoms with E-state index in [4.69, 9.17) is 15.0 Å². The van der Waals surface area contributed by atoms with Crippen molar-refractivity contribution in [1.82, 2.24) is 0 Å². The molecule has 2 N–H and O–H groups in total. The second-order valence-electron chi connectivity index (χ2n) is 3.45. The molecule has 0 heterocycles. The molecule has 1 fully saturated rings. The summed E-state index contributed by atoms with van der Waals surface area (Å²) in [6, 6.07) is 8.24. The Labute approximate surface area is 96.9 Å². The molecule has 1 saturated carbocycles. The van der Waals surface area contributed by atoms with Gasteiger partial charge in [-0.05, 0) is 30.4 Å². The molecule has 2 rings (SSSR count). The minimum absolute atomic E-state index is 0.0675. The van der Waals surface area contributed by atoms with Crippen molar-refractivity contribution in [3.8, 4) is 0 Å². The van der Waals surface area contributed by atoms with Gasteiger partial charge in [0.2, 0.25) is 0 Å². The summed E-state index contributed by atoms with van der Waals surface area (Å²) in [7, 11) is 0. The van der Waals surface area contributed by atoms with Gasteiger partial charge in [0.05, 0.1) is 6.10 Å². The number of carboxylic acid groups (broad SMARTS) is 1. The van der Waals surface area contributed by atoms with E-state index in [2.05, 4.69) is 28.1 Å². The van der Waals surface area contributed by atoms with Crippen molar-refractivity contribution < 1.29 is 15.0 Å². The SMILES string of the molecule is O=CO.OC1CC(c2ccccc2Br)C1. The van der Waals surface area contributed by atoms with Gasteiger partial charge >= 0.3 is 0 Å². The van der Waals surface area contributed by atoms with Crippen LogP contribution in [-0.4, -0.2) is 22.8 Å². The zero-order valence-electron chi connectivity index (χ0n) is 8.14. The first kappa shape index (κ1) is 12.2. The topological polar surface area (TPSA) is 57.5 Å². The molecule has 1 aliphatic carbocycles. The first-order valence-electron chi connectivity index (χ1n) is 4.69. The van der Waals surface area contributed by atoms with Gasteiger partial charge in [0, 0.05) is 4.47 Å². The van der Waals surface area contributed by atoms with Crippen LogP contribution in [0.25, 0.3) is 0 Å². The Morgan fingerprint density at radius 3 is 2.33 bits per heavy atom. The van der Waals surface area contributed by atoms with Gasteiger partial charge in [-0.3, -0.25) is 4.79 Å². The molecule has 0 atom stereocenters. The van der Waals surface area contributed by atoms with Crippen LogP contribution in [0.5, 0.6) is 0 Å². The number of aliphatic hydroxyl groups excluding tert-OH is 1. The van der Waals surface area contributed by atoms with Crippen LogP contribution in [0.1, 0.15) is 24.3 Å². The molecule has 3 nitrogen and oxygen atoms in total. The lowest BCUT2D eigenvalue weighted by Crippen LogP contribution is -2.26. The average Bonchev–Trinajstić information content (AvgIpc) is 2.16. The normalized spacial score (nSPS) is 23.3. The highest BCUT2D eigenvalue weighted by atomic mass is 79.9. The summed E-state index contributed by atoms with van der Waals surface area (Å²) < 4.78 is 1.17. The zero-order valence-corrected chi connectivity index (χ0v) is 9.72. The van der Waals surface area contributed by atoms with E-state index in [0.29, 0.717) is 5.92 Å². The molecule has 0 radical (unpaired) electrons. The number of hydrogen-bond acceptors (Lipinski definition) is 2. The molecule has 0 aliphatic heterocycles. The molecule has 4 heteroatoms. The Morgan fingerprint density at radius 1 is 1.33 bits per heavy atom. The predicted octanol–water partition coefficient (Wildman–Crippen LogP) is 2.39. The molecular formula is C11H13BrO3. The summed E-state index contributed by atoms with van der Waals surface area (Å²) in [5.41, 5.74) is 1.34. The van der Waals surface area contributed by atoms with E-state index in [-0.39, 0.29) is 12.6 Å². The molecule has 0 unspecified atom stereocenters. The zero-order chi connectivity index (χ0) is 11.3. The Balaban J connectivity index is 0.000000337. The predicted molar refractivity (Wildman–Crippen MR) is 60.8 cm³/mol. The molecule has 0 bridgehead atoms. The highest BCUT2D eigenvalue weighted by Crippen LogP contribution is 2.39. The summed E-state index contributed by atoms with van der Waals surface area (Å²) >= 11 is 3.51. The van der Waals surface area contributed by atoms with Crippen LogP contribution in [-0.2, 0) is 4.79 Å². The summed E-state index contributed by atoms with van der Waals surface area (Å²) in [5.74, 6) is 0.565. The van der Waals surface area contributed by atoms with E-state index in [9.17, 15) is 0 Å². The van der Waals surface area contributed by atoms with Crippen LogP contribution >= 0.6 is 15.9 Å². The first-order valence-corrected chi connectivity index (χ1v) is 5.48. The van der Waals surface area contributed by atoms with Crippen molar-refractivity contribution in [2.45, 2.75) is 24.9 Å². The van der Waals surface area contributed by atoms with Gasteiger partial charge in [-0.1, -0.05) is 34.1 Å². The molecule has 0 spiro atoms. The minimum Gasteiger partial charge on any atom is -0.483 e. The summed E-state index contributed by atoms with van der Waals surface area (Å²) in [5, 5.41) is 16.0. The van der Waals surface area contributed by atoms with E-state index < -0.39 is 0 Å². The fraction of sp³-hybridized carbons (Fsp3) is 0.364. The fourth-order valence-electron chi connectivity index (χ4n) is 1.65. The molecule has 1 aromatic rings. The molecule has 82 valence electrons. The number of benzene rings is 1. The Bertz CT molecular complexity index is 321. The summed E-state index contributed by atoms with van der Waals surface area (Å²) in [6.45, 7) is -0.250. The van der Waals surface area contributed by atoms with Crippen LogP contribution in [0.15, 0.2) is 28.7 Å². The maximum atomic E-state index is 9.16. The van der Waals surface area contributed by atoms with E-state index in [1.807, 2.05) is 12.1 Å². The van der Waals surface area contributed by atoms with Crippen LogP contribution in [0, 0.1) is 0 Å². The standard InChI is InChI=1S/C10H11BrO.CH2O2/c11-10-4-2-1-3-9(10)7-5-8(12)6-7;2-1-3/h1-4,7-8,12H,5-6H2;1H,(H,2,3). The second kappa shape index (κ2) is 5.88. The highest BCUT2D eigenvalue weighted by Gasteiger charge is 2.29. The van der Waals surface area contributed by atoms with Crippen LogP contribution < -0.4 is 0 Å². The lowest BCUT2D eigenvalue weighted by Gasteiger charge is -2.32. The van der Waals surface area contributed by atoms with E-state index in [1.54, 1.807) is 0 Å². The number of aliphatic hydroxyl groups is 1. The number of carbonyl (C=O) groups is 1. The maximum Gasteiger partial charge on any atom is 0.290 e. The molecule has 15 heavy (non-hydrogen) atoms. The number of halogens is 1. The highest BCUT2D eigenvalue weighted by molar-refractivity contribution is 9.10. The summed E-state index contributed by atoms with van der Waals surface area (Å²) in [4.78, 5) is 8.36. The fourth-order valence-corrected chi connectivity index (χ4v) is 2.26. The molecule has 0 aromatic heterocycles. The molecular weight excluding hydrogens is 260 g/mol. The molecule has 0 saturated heterocycles. The third-order valence-corrected chi connectivity index (χ3v) is 3.18. The van der Waals surface area contributed by atoms with Gasteiger partial charge in [-0.2, -0.15) is 0 Å². The first-order chi connectivity index (χ1) is 7.19. The average molecular weight is 273 g/mol. The second-order valence-corrected chi connectivity index (χ2v) is 4.30. The third-order valence-electron chi connectivity index (χ3n) is 2.46. The van der Waals surface area contributed by atoms with Gasteiger partial charge in [0.15, 0.2) is 0 Å². The van der Waals surface area contributed by atoms with E-state index in [1.165, 1.54) is 10.0 Å². The third kappa shape index (κ3) is 3.32. The quantitative estimate of drug-likeness (QED) is 0.772. The smallest absolute Gasteiger partial charge is 0.290 e. The summed E-state index contributed by atoms with van der Waals surface area (Å²) in [6.07, 6.45) is 1.77. The minimum atomic E-state index is -0.250. The van der Waals surface area contributed by atoms with Crippen molar-refractivity contribution in [3.05, 3.63) is 34.3 Å². The Hall–Kier alpha value is -0.870. The van der Waals surface area contributed by atoms with E-state index in [0.717, 1.165) is 12.8 Å². The van der Waals surface area contributed by atoms with E-state index >= 15 is 0 Å². The van der Waals surface area contributed by atoms with Crippen LogP contribution in [0.2, 0.25) is 0 Å². The lowest BCUT2D eigenvalue weighted by molar-refractivity contribution is -0.122. The van der Waals surface area contributed by atoms with Gasteiger partial charge < -0.3 is 10.2 Å². The van der Waals surface area contributed by atoms with Gasteiger partial charge in [-0.15, -0.1) is 0 Å². The molecule has 1 aliphatic rings. The maximum absolute atomic E-state index is 9.16. The molecule has 1 aromatic carbocycles. The lowest BCUT2D eigenvalue weighted by atomic mass is 9.78. The number of hydrogen-bond donors (Lipinski definition) is 2. The Kier molecular flexibility index (Phi) is 4.78. The van der Waals surface area contributed by atoms with Gasteiger partial charge in [-0.25, -0.2) is 0 Å². The van der Waals surface area contributed by atoms with Crippen molar-refractivity contribution >= 4 is 22.4 Å². The molecule has 0 amide bonds. The van der Waals surface area contributed by atoms with Crippen molar-refractivity contribution in [1.29, 1.82) is 0 Å². The van der Waals surface area contributed by atoms with Crippen LogP contribution in [0.4, 0.5) is 0 Å². The van der Waals surface area contributed by atoms with Crippen molar-refractivity contribution in [2.24, 2.45) is 0 Å². The van der Waals surface area contributed by atoms with Gasteiger partial charge in [0.1, 0.15) is 0 Å². The largest absolute Gasteiger partial charge is 0.483 e. The van der Waals surface area contributed by atoms with Gasteiger partial charge in [0.25, 0.3) is 6.47 Å². The van der Waals surface area contributed by atoms with Crippen molar-refractivity contribution in [2.75, 3.05) is 0 Å². The van der Waals surface area contributed by atoms with Crippen LogP contribution in [0.3, 0.4) is 0 Å².